The SMILES string of the molecule is CN[C@@H](C)C(=O)N[C@H]1CCS[C@H]2CC(C)(C)[C@@H](C(=O)N[C@H]3c4ccccc4C[C@H]3C(=O)CCC#CC#CCNC(=O)[C@@H]3Cc4ccccc4[C@@H]3NC(=O)[C@H]3N4C(=O)[C@@H](NC(=O)[C@H](C)NC)CCS[C@H]4CC3(C)C)N2C1=O. The van der Waals surface area contributed by atoms with Crippen LogP contribution in [0.25, 0.3) is 0 Å². The first-order valence-corrected chi connectivity index (χ1v) is 28.7. The number of carbonyl (C=O) groups excluding carboxylic acids is 8. The quantitative estimate of drug-likeness (QED) is 0.128. The molecule has 19 heteroatoms. The molecule has 0 radical (unpaired) electrons. The molecule has 6 aliphatic rings. The summed E-state index contributed by atoms with van der Waals surface area (Å²) in [5.74, 6) is 9.45. The van der Waals surface area contributed by atoms with E-state index < -0.39 is 71.0 Å². The number of hydrogen-bond donors (Lipinski definition) is 7. The number of hydrogen-bond acceptors (Lipinski definition) is 12. The molecule has 7 N–H and O–H groups in total. The first kappa shape index (κ1) is 56.3. The maximum atomic E-state index is 14.6. The van der Waals surface area contributed by atoms with E-state index in [0.717, 1.165) is 22.3 Å². The van der Waals surface area contributed by atoms with Gasteiger partial charge in [-0.1, -0.05) is 88.1 Å². The molecule has 2 aliphatic carbocycles. The number of nitrogens with zero attached hydrogens (tertiary/aromatic N) is 2. The van der Waals surface area contributed by atoms with E-state index in [1.807, 2.05) is 76.2 Å². The third-order valence-electron chi connectivity index (χ3n) is 16.3. The highest BCUT2D eigenvalue weighted by Crippen LogP contribution is 2.49. The van der Waals surface area contributed by atoms with Crippen LogP contribution in [-0.2, 0) is 51.2 Å². The first-order valence-electron chi connectivity index (χ1n) is 26.6. The Morgan fingerprint density at radius 3 is 1.57 bits per heavy atom. The predicted octanol–water partition coefficient (Wildman–Crippen LogP) is 2.88. The molecule has 4 saturated heterocycles. The fourth-order valence-corrected chi connectivity index (χ4v) is 15.1. The van der Waals surface area contributed by atoms with Gasteiger partial charge in [0.05, 0.1) is 47.4 Å². The van der Waals surface area contributed by atoms with Crippen molar-refractivity contribution in [2.75, 3.05) is 32.1 Å². The van der Waals surface area contributed by atoms with Crippen LogP contribution in [0.3, 0.4) is 0 Å². The molecule has 7 amide bonds. The van der Waals surface area contributed by atoms with Gasteiger partial charge < -0.3 is 47.0 Å². The Labute approximate surface area is 455 Å². The lowest BCUT2D eigenvalue weighted by Crippen LogP contribution is -2.58. The summed E-state index contributed by atoms with van der Waals surface area (Å²) in [5.41, 5.74) is 2.46. The molecular weight excluding hydrogens is 1000 g/mol. The highest BCUT2D eigenvalue weighted by atomic mass is 32.2. The largest absolute Gasteiger partial charge is 0.347 e. The van der Waals surface area contributed by atoms with Gasteiger partial charge in [-0.15, -0.1) is 23.5 Å². The number of nitrogens with one attached hydrogen (secondary N) is 7. The van der Waals surface area contributed by atoms with Gasteiger partial charge in [0.1, 0.15) is 30.0 Å². The van der Waals surface area contributed by atoms with Crippen LogP contribution in [0.1, 0.15) is 114 Å². The lowest BCUT2D eigenvalue weighted by Gasteiger charge is -2.35. The van der Waals surface area contributed by atoms with Crippen LogP contribution in [0, 0.1) is 46.3 Å². The second kappa shape index (κ2) is 23.8. The van der Waals surface area contributed by atoms with Crippen LogP contribution < -0.4 is 37.2 Å². The molecule has 2 aromatic carbocycles. The fraction of sp³-hybridized carbons (Fsp3) is 0.579. The first-order chi connectivity index (χ1) is 36.3. The maximum Gasteiger partial charge on any atom is 0.246 e. The van der Waals surface area contributed by atoms with Gasteiger partial charge in [0.2, 0.25) is 41.4 Å². The van der Waals surface area contributed by atoms with E-state index in [-0.39, 0.29) is 77.3 Å². The van der Waals surface area contributed by atoms with Crippen molar-refractivity contribution in [2.45, 2.75) is 152 Å². The fourth-order valence-electron chi connectivity index (χ4n) is 11.9. The van der Waals surface area contributed by atoms with Crippen molar-refractivity contribution in [3.05, 3.63) is 70.8 Å². The molecule has 0 saturated carbocycles. The van der Waals surface area contributed by atoms with Gasteiger partial charge in [0, 0.05) is 18.8 Å². The van der Waals surface area contributed by atoms with Crippen molar-refractivity contribution in [2.24, 2.45) is 22.7 Å². The van der Waals surface area contributed by atoms with Crippen molar-refractivity contribution >= 4 is 70.7 Å². The number of amides is 7. The van der Waals surface area contributed by atoms with Gasteiger partial charge in [-0.05, 0) is 123 Å². The summed E-state index contributed by atoms with van der Waals surface area (Å²) in [4.78, 5) is 114. The number of Topliss-reactive ketones (excluding diaryl/α,β-unsaturated/α-hetero) is 1. The van der Waals surface area contributed by atoms with Crippen molar-refractivity contribution in [3.8, 4) is 23.7 Å². The summed E-state index contributed by atoms with van der Waals surface area (Å²) in [6, 6.07) is 9.94. The maximum absolute atomic E-state index is 14.6. The molecule has 2 aromatic rings. The molecule has 0 unspecified atom stereocenters. The number of ketones is 1. The van der Waals surface area contributed by atoms with E-state index in [1.54, 1.807) is 61.3 Å². The molecule has 12 atom stereocenters. The molecule has 8 rings (SSSR count). The summed E-state index contributed by atoms with van der Waals surface area (Å²) in [5, 5.41) is 20.5. The zero-order valence-electron chi connectivity index (χ0n) is 44.8. The highest BCUT2D eigenvalue weighted by molar-refractivity contribution is 8.00. The van der Waals surface area contributed by atoms with E-state index >= 15 is 0 Å². The molecule has 0 spiro atoms. The molecule has 17 nitrogen and oxygen atoms in total. The molecule has 4 fully saturated rings. The number of fused-ring (bicyclic) bond motifs is 4. The predicted molar refractivity (Wildman–Crippen MR) is 293 cm³/mol. The van der Waals surface area contributed by atoms with Crippen molar-refractivity contribution in [3.63, 3.8) is 0 Å². The van der Waals surface area contributed by atoms with Crippen molar-refractivity contribution in [1.82, 2.24) is 47.0 Å². The Bertz CT molecular complexity index is 2560. The smallest absolute Gasteiger partial charge is 0.246 e. The van der Waals surface area contributed by atoms with Crippen LogP contribution in [0.15, 0.2) is 48.5 Å². The topological polar surface area (TPSA) is 227 Å². The van der Waals surface area contributed by atoms with Crippen molar-refractivity contribution in [1.29, 1.82) is 0 Å². The number of rotatable bonds is 15. The zero-order chi connectivity index (χ0) is 54.6. The van der Waals surface area contributed by atoms with Gasteiger partial charge in [-0.2, -0.15) is 0 Å². The normalized spacial score (nSPS) is 28.5. The zero-order valence-corrected chi connectivity index (χ0v) is 46.4. The number of thioether (sulfide) groups is 2. The Morgan fingerprint density at radius 2 is 1.08 bits per heavy atom. The standard InChI is InChI=1S/C57H73N9O8S2/c1-32(58-7)49(68)61-40-23-26-75-43-30-56(3,4)47(65(43)54(40)73)52(71)63-45-36-20-15-13-18-34(36)28-38(45)42(67)22-12-10-9-11-17-25-60-51(70)39-29-35-19-14-16-21-37(35)46(39)64-53(72)48-57(5,6)31-44-66(48)55(74)41(24-27-76-44)62-50(69)33(2)59-8/h13-16,18-21,32-33,38-41,43-48,58-59H,12,22-31H2,1-8H3,(H,60,70)(H,61,68)(H,62,69)(H,63,71)(H,64,72)/t32-,33-,38-,39+,40-,41-,43-,44-,45-,46-,47+,48+/m0/s1. The van der Waals surface area contributed by atoms with E-state index in [1.165, 1.54) is 0 Å². The Morgan fingerprint density at radius 1 is 0.632 bits per heavy atom. The van der Waals surface area contributed by atoms with E-state index in [9.17, 15) is 38.4 Å². The lowest BCUT2D eigenvalue weighted by atomic mass is 9.83. The second-order valence-electron chi connectivity index (χ2n) is 22.3. The van der Waals surface area contributed by atoms with Crippen LogP contribution in [0.4, 0.5) is 0 Å². The van der Waals surface area contributed by atoms with Gasteiger partial charge in [0.15, 0.2) is 0 Å². The number of benzene rings is 2. The second-order valence-corrected chi connectivity index (χ2v) is 24.9. The number of likely N-dealkylation sites (N-methyl/N-ethyl adjacent to an activating group) is 2. The molecule has 76 heavy (non-hydrogen) atoms. The third-order valence-corrected chi connectivity index (χ3v) is 18.8. The lowest BCUT2D eigenvalue weighted by molar-refractivity contribution is -0.144. The van der Waals surface area contributed by atoms with E-state index in [2.05, 4.69) is 60.9 Å². The average Bonchev–Trinajstić information content (AvgIpc) is 4.08. The summed E-state index contributed by atoms with van der Waals surface area (Å²) >= 11 is 3.25. The van der Waals surface area contributed by atoms with Crippen LogP contribution in [0.5, 0.6) is 0 Å². The third kappa shape index (κ3) is 11.8. The Kier molecular flexibility index (Phi) is 17.6. The molecule has 4 heterocycles. The van der Waals surface area contributed by atoms with E-state index in [4.69, 9.17) is 0 Å². The van der Waals surface area contributed by atoms with Crippen LogP contribution in [-0.4, -0.2) is 136 Å². The Hall–Kier alpha value is -5.86. The number of carbonyl (C=O) groups is 8. The molecule has 0 aromatic heterocycles. The van der Waals surface area contributed by atoms with E-state index in [0.29, 0.717) is 50.0 Å². The minimum absolute atomic E-state index is 0.00285. The minimum Gasteiger partial charge on any atom is -0.347 e. The summed E-state index contributed by atoms with van der Waals surface area (Å²) in [6.45, 7) is 11.4. The summed E-state index contributed by atoms with van der Waals surface area (Å²) in [7, 11) is 3.36. The summed E-state index contributed by atoms with van der Waals surface area (Å²) in [6.07, 6.45) is 3.32. The average molecular weight is 1080 g/mol. The van der Waals surface area contributed by atoms with Crippen LogP contribution in [0.2, 0.25) is 0 Å². The van der Waals surface area contributed by atoms with Gasteiger partial charge in [0.25, 0.3) is 0 Å². The molecule has 4 aliphatic heterocycles. The molecular formula is C57H73N9O8S2. The van der Waals surface area contributed by atoms with Gasteiger partial charge in [-0.25, -0.2) is 0 Å². The summed E-state index contributed by atoms with van der Waals surface area (Å²) < 4.78 is 0. The molecule has 406 valence electrons. The van der Waals surface area contributed by atoms with Gasteiger partial charge in [-0.3, -0.25) is 38.4 Å². The highest BCUT2D eigenvalue weighted by Gasteiger charge is 2.57. The van der Waals surface area contributed by atoms with Gasteiger partial charge >= 0.3 is 0 Å². The van der Waals surface area contributed by atoms with Crippen LogP contribution >= 0.6 is 23.5 Å². The molecule has 0 bridgehead atoms. The monoisotopic (exact) mass is 1080 g/mol. The van der Waals surface area contributed by atoms with Crippen molar-refractivity contribution < 1.29 is 38.4 Å². The minimum atomic E-state index is -0.830. The Balaban J connectivity index is 0.872.